The monoisotopic (exact) mass is 187 g/mol. The summed E-state index contributed by atoms with van der Waals surface area (Å²) in [5.74, 6) is 0. The molecule has 0 aromatic rings. The van der Waals surface area contributed by atoms with Crippen LogP contribution >= 0.6 is 0 Å². The van der Waals surface area contributed by atoms with E-state index in [2.05, 4.69) is 42.4 Å². The number of unbranched alkanes of at least 4 members (excludes halogenated alkanes) is 2. The molecular weight excluding hydrogens is 170 g/mol. The lowest BCUT2D eigenvalue weighted by atomic mass is 9.76. The Hall–Kier alpha value is -1.11. The van der Waals surface area contributed by atoms with Gasteiger partial charge in [-0.05, 0) is 12.0 Å². The summed E-state index contributed by atoms with van der Waals surface area (Å²) >= 11 is 0. The Morgan fingerprint density at radius 2 is 2.21 bits per heavy atom. The number of allylic oxidation sites excluding steroid dienone is 5. The zero-order valence-electron chi connectivity index (χ0n) is 8.74. The lowest BCUT2D eigenvalue weighted by Crippen LogP contribution is -2.20. The van der Waals surface area contributed by atoms with Gasteiger partial charge in [0, 0.05) is 12.4 Å². The van der Waals surface area contributed by atoms with Gasteiger partial charge in [0.05, 0.1) is 5.41 Å². The maximum Gasteiger partial charge on any atom is 0.0503 e. The molecule has 0 saturated carbocycles. The largest absolute Gasteiger partial charge is 0.267 e. The van der Waals surface area contributed by atoms with Gasteiger partial charge in [-0.3, -0.25) is 4.99 Å². The van der Waals surface area contributed by atoms with E-state index in [1.165, 1.54) is 31.3 Å². The molecule has 74 valence electrons. The van der Waals surface area contributed by atoms with E-state index < -0.39 is 0 Å². The van der Waals surface area contributed by atoms with Gasteiger partial charge >= 0.3 is 0 Å². The molecule has 0 bridgehead atoms. The standard InChI is InChI=1S/C13H17N/c1-2-3-5-8-13-9-6-4-7-12(13)10-14-11-13/h4,6-7,9-11H,2-3,5,8H2,1H3. The van der Waals surface area contributed by atoms with Crippen molar-refractivity contribution >= 4 is 6.21 Å². The fourth-order valence-electron chi connectivity index (χ4n) is 2.13. The second-order valence-corrected chi connectivity index (χ2v) is 4.08. The fraction of sp³-hybridized carbons (Fsp3) is 0.462. The van der Waals surface area contributed by atoms with Crippen molar-refractivity contribution < 1.29 is 0 Å². The molecule has 0 aromatic heterocycles. The molecule has 1 nitrogen and oxygen atoms in total. The highest BCUT2D eigenvalue weighted by molar-refractivity contribution is 5.79. The van der Waals surface area contributed by atoms with Gasteiger partial charge in [0.25, 0.3) is 0 Å². The summed E-state index contributed by atoms with van der Waals surface area (Å²) in [6, 6.07) is 0. The van der Waals surface area contributed by atoms with Crippen molar-refractivity contribution in [3.8, 4) is 0 Å². The predicted octanol–water partition coefficient (Wildman–Crippen LogP) is 3.65. The first-order valence-electron chi connectivity index (χ1n) is 5.48. The maximum atomic E-state index is 4.29. The zero-order chi connectivity index (χ0) is 9.86. The smallest absolute Gasteiger partial charge is 0.0503 e. The summed E-state index contributed by atoms with van der Waals surface area (Å²) in [5.41, 5.74) is 1.50. The molecule has 1 unspecified atom stereocenters. The van der Waals surface area contributed by atoms with Crippen molar-refractivity contribution in [3.05, 3.63) is 36.1 Å². The Morgan fingerprint density at radius 3 is 3.07 bits per heavy atom. The van der Waals surface area contributed by atoms with Crippen LogP contribution in [0.1, 0.15) is 32.6 Å². The Morgan fingerprint density at radius 1 is 1.29 bits per heavy atom. The second-order valence-electron chi connectivity index (χ2n) is 4.08. The minimum atomic E-state index is 0.143. The highest BCUT2D eigenvalue weighted by Crippen LogP contribution is 2.39. The molecule has 1 atom stereocenters. The number of rotatable bonds is 4. The molecule has 2 aliphatic rings. The van der Waals surface area contributed by atoms with Crippen LogP contribution in [0, 0.1) is 5.41 Å². The van der Waals surface area contributed by atoms with E-state index >= 15 is 0 Å². The first kappa shape index (κ1) is 9.45. The quantitative estimate of drug-likeness (QED) is 0.596. The normalized spacial score (nSPS) is 27.9. The number of hydrogen-bond acceptors (Lipinski definition) is 1. The van der Waals surface area contributed by atoms with Crippen molar-refractivity contribution in [2.75, 3.05) is 0 Å². The highest BCUT2D eigenvalue weighted by atomic mass is 14.7. The number of fused-ring (bicyclic) bond motifs is 1. The molecule has 0 saturated heterocycles. The zero-order valence-corrected chi connectivity index (χ0v) is 8.74. The molecule has 14 heavy (non-hydrogen) atoms. The third-order valence-electron chi connectivity index (χ3n) is 3.03. The summed E-state index contributed by atoms with van der Waals surface area (Å²) < 4.78 is 0. The van der Waals surface area contributed by atoms with Crippen molar-refractivity contribution in [2.45, 2.75) is 32.6 Å². The summed E-state index contributed by atoms with van der Waals surface area (Å²) in [7, 11) is 0. The van der Waals surface area contributed by atoms with Gasteiger partial charge in [0.15, 0.2) is 0 Å². The second kappa shape index (κ2) is 3.95. The summed E-state index contributed by atoms with van der Waals surface area (Å²) in [6.45, 7) is 2.24. The van der Waals surface area contributed by atoms with E-state index in [0.29, 0.717) is 0 Å². The minimum absolute atomic E-state index is 0.143. The van der Waals surface area contributed by atoms with Crippen LogP contribution in [-0.4, -0.2) is 6.21 Å². The molecule has 0 amide bonds. The van der Waals surface area contributed by atoms with Crippen LogP contribution in [0.5, 0.6) is 0 Å². The molecule has 1 aliphatic heterocycles. The Kier molecular flexibility index (Phi) is 2.67. The van der Waals surface area contributed by atoms with Gasteiger partial charge in [-0.15, -0.1) is 0 Å². The maximum absolute atomic E-state index is 4.29. The third kappa shape index (κ3) is 1.59. The van der Waals surface area contributed by atoms with E-state index in [4.69, 9.17) is 0 Å². The van der Waals surface area contributed by atoms with Gasteiger partial charge in [0.1, 0.15) is 0 Å². The molecule has 0 N–H and O–H groups in total. The van der Waals surface area contributed by atoms with Gasteiger partial charge in [-0.2, -0.15) is 0 Å². The molecule has 0 fully saturated rings. The van der Waals surface area contributed by atoms with Crippen LogP contribution in [-0.2, 0) is 0 Å². The Labute approximate surface area is 85.9 Å². The molecule has 2 rings (SSSR count). The van der Waals surface area contributed by atoms with Gasteiger partial charge in [0.2, 0.25) is 0 Å². The van der Waals surface area contributed by atoms with E-state index in [0.717, 1.165) is 0 Å². The summed E-state index contributed by atoms with van der Waals surface area (Å²) in [5, 5.41) is 0. The van der Waals surface area contributed by atoms with Crippen molar-refractivity contribution in [1.82, 2.24) is 0 Å². The van der Waals surface area contributed by atoms with E-state index in [1.807, 2.05) is 6.20 Å². The molecule has 1 heteroatoms. The number of aliphatic imine (C=N–C) groups is 1. The summed E-state index contributed by atoms with van der Waals surface area (Å²) in [6.07, 6.45) is 17.9. The molecule has 0 aromatic carbocycles. The van der Waals surface area contributed by atoms with E-state index in [-0.39, 0.29) is 5.41 Å². The Balaban J connectivity index is 2.07. The molecule has 1 heterocycles. The minimum Gasteiger partial charge on any atom is -0.267 e. The number of hydrogen-bond donors (Lipinski definition) is 0. The first-order chi connectivity index (χ1) is 6.87. The molecule has 0 radical (unpaired) electrons. The predicted molar refractivity (Wildman–Crippen MR) is 61.4 cm³/mol. The van der Waals surface area contributed by atoms with E-state index in [1.54, 1.807) is 0 Å². The van der Waals surface area contributed by atoms with Gasteiger partial charge < -0.3 is 0 Å². The lowest BCUT2D eigenvalue weighted by molar-refractivity contribution is 0.539. The van der Waals surface area contributed by atoms with Crippen LogP contribution in [0.15, 0.2) is 41.1 Å². The topological polar surface area (TPSA) is 12.4 Å². The average molecular weight is 187 g/mol. The first-order valence-corrected chi connectivity index (χ1v) is 5.48. The summed E-state index contributed by atoms with van der Waals surface area (Å²) in [4.78, 5) is 4.29. The van der Waals surface area contributed by atoms with Crippen molar-refractivity contribution in [3.63, 3.8) is 0 Å². The lowest BCUT2D eigenvalue weighted by Gasteiger charge is -2.26. The number of nitrogens with zero attached hydrogens (tertiary/aromatic N) is 1. The van der Waals surface area contributed by atoms with E-state index in [9.17, 15) is 0 Å². The van der Waals surface area contributed by atoms with Crippen LogP contribution < -0.4 is 0 Å². The Bertz CT molecular complexity index is 320. The molecule has 1 aliphatic carbocycles. The SMILES string of the molecule is CCCCCC12C=CC=CC1=CN=C2. The van der Waals surface area contributed by atoms with Gasteiger partial charge in [-0.25, -0.2) is 0 Å². The van der Waals surface area contributed by atoms with Crippen LogP contribution in [0.25, 0.3) is 0 Å². The van der Waals surface area contributed by atoms with Crippen molar-refractivity contribution in [1.29, 1.82) is 0 Å². The fourth-order valence-corrected chi connectivity index (χ4v) is 2.13. The third-order valence-corrected chi connectivity index (χ3v) is 3.03. The highest BCUT2D eigenvalue weighted by Gasteiger charge is 2.31. The average Bonchev–Trinajstić information content (AvgIpc) is 2.62. The van der Waals surface area contributed by atoms with Crippen LogP contribution in [0.2, 0.25) is 0 Å². The van der Waals surface area contributed by atoms with Gasteiger partial charge in [-0.1, -0.05) is 50.5 Å². The molecular formula is C13H17N. The van der Waals surface area contributed by atoms with Crippen LogP contribution in [0.3, 0.4) is 0 Å². The van der Waals surface area contributed by atoms with Crippen molar-refractivity contribution in [2.24, 2.45) is 10.4 Å². The molecule has 0 spiro atoms. The van der Waals surface area contributed by atoms with Crippen LogP contribution in [0.4, 0.5) is 0 Å².